The Kier molecular flexibility index (Phi) is 4.60. The molecule has 1 saturated carbocycles. The summed E-state index contributed by atoms with van der Waals surface area (Å²) in [6.45, 7) is 2.28. The first kappa shape index (κ1) is 15.0. The average molecular weight is 299 g/mol. The van der Waals surface area contributed by atoms with Crippen LogP contribution < -0.4 is 0 Å². The van der Waals surface area contributed by atoms with Gasteiger partial charge in [-0.3, -0.25) is 0 Å². The van der Waals surface area contributed by atoms with Gasteiger partial charge in [0.2, 0.25) is 0 Å². The van der Waals surface area contributed by atoms with Crippen molar-refractivity contribution >= 4 is 11.8 Å². The van der Waals surface area contributed by atoms with Crippen LogP contribution in [0.25, 0.3) is 0 Å². The highest BCUT2D eigenvalue weighted by Crippen LogP contribution is 2.48. The summed E-state index contributed by atoms with van der Waals surface area (Å²) in [7, 11) is 0. The summed E-state index contributed by atoms with van der Waals surface area (Å²) in [5, 5.41) is 10.4. The van der Waals surface area contributed by atoms with Crippen molar-refractivity contribution in [1.29, 1.82) is 5.26 Å². The van der Waals surface area contributed by atoms with Gasteiger partial charge in [0.25, 0.3) is 0 Å². The normalized spacial score (nSPS) is 31.6. The number of hydrogen-bond acceptors (Lipinski definition) is 2. The quantitative estimate of drug-likeness (QED) is 0.723. The topological polar surface area (TPSA) is 23.8 Å². The highest BCUT2D eigenvalue weighted by Gasteiger charge is 2.38. The van der Waals surface area contributed by atoms with Gasteiger partial charge in [-0.25, -0.2) is 0 Å². The van der Waals surface area contributed by atoms with E-state index in [4.69, 9.17) is 0 Å². The molecule has 1 unspecified atom stereocenters. The van der Waals surface area contributed by atoms with Crippen LogP contribution in [-0.2, 0) is 6.42 Å². The maximum Gasteiger partial charge on any atom is 0.0690 e. The van der Waals surface area contributed by atoms with Gasteiger partial charge in [0.05, 0.1) is 11.5 Å². The molecular formula is C19H25NS. The maximum absolute atomic E-state index is 9.78. The number of benzene rings is 1. The van der Waals surface area contributed by atoms with E-state index in [1.54, 1.807) is 0 Å². The monoisotopic (exact) mass is 299 g/mol. The van der Waals surface area contributed by atoms with Crippen molar-refractivity contribution in [3.05, 3.63) is 29.8 Å². The van der Waals surface area contributed by atoms with Gasteiger partial charge in [0, 0.05) is 10.1 Å². The zero-order valence-electron chi connectivity index (χ0n) is 13.0. The van der Waals surface area contributed by atoms with Gasteiger partial charge >= 0.3 is 0 Å². The standard InChI is InChI=1S/C19H25NS/c1-2-5-15-8-10-19(14-20,11-9-15)13-17-12-16-6-3-4-7-18(16)21-17/h3-4,6-7,15,17H,2,5,8-13H2,1H3. The largest absolute Gasteiger partial charge is 0.198 e. The molecule has 2 aliphatic rings. The van der Waals surface area contributed by atoms with E-state index in [-0.39, 0.29) is 5.41 Å². The molecule has 0 aromatic heterocycles. The van der Waals surface area contributed by atoms with Crippen molar-refractivity contribution < 1.29 is 0 Å². The highest BCUT2D eigenvalue weighted by molar-refractivity contribution is 8.00. The van der Waals surface area contributed by atoms with Crippen LogP contribution >= 0.6 is 11.8 Å². The first-order valence-corrected chi connectivity index (χ1v) is 9.28. The summed E-state index contributed by atoms with van der Waals surface area (Å²) in [5.41, 5.74) is 1.45. The van der Waals surface area contributed by atoms with Gasteiger partial charge in [0.1, 0.15) is 0 Å². The average Bonchev–Trinajstić information content (AvgIpc) is 2.91. The van der Waals surface area contributed by atoms with Crippen molar-refractivity contribution in [3.63, 3.8) is 0 Å². The molecule has 1 heterocycles. The molecule has 0 radical (unpaired) electrons. The number of rotatable bonds is 4. The lowest BCUT2D eigenvalue weighted by molar-refractivity contribution is 0.189. The van der Waals surface area contributed by atoms with E-state index in [1.165, 1.54) is 36.1 Å². The van der Waals surface area contributed by atoms with Crippen molar-refractivity contribution in [3.8, 4) is 6.07 Å². The van der Waals surface area contributed by atoms with Crippen LogP contribution in [-0.4, -0.2) is 5.25 Å². The minimum Gasteiger partial charge on any atom is -0.198 e. The summed E-state index contributed by atoms with van der Waals surface area (Å²) in [6, 6.07) is 11.5. The number of nitriles is 1. The predicted molar refractivity (Wildman–Crippen MR) is 89.3 cm³/mol. The highest BCUT2D eigenvalue weighted by atomic mass is 32.2. The van der Waals surface area contributed by atoms with Crippen molar-refractivity contribution in [1.82, 2.24) is 0 Å². The maximum atomic E-state index is 9.78. The molecule has 0 spiro atoms. The molecule has 0 amide bonds. The SMILES string of the molecule is CCCC1CCC(C#N)(CC2Cc3ccccc3S2)CC1. The molecule has 21 heavy (non-hydrogen) atoms. The second-order valence-corrected chi connectivity index (χ2v) is 8.22. The van der Waals surface area contributed by atoms with Crippen molar-refractivity contribution in [2.45, 2.75) is 68.4 Å². The smallest absolute Gasteiger partial charge is 0.0690 e. The minimum atomic E-state index is -0.0377. The number of hydrogen-bond donors (Lipinski definition) is 0. The summed E-state index contributed by atoms with van der Waals surface area (Å²) < 4.78 is 0. The number of nitrogens with zero attached hydrogens (tertiary/aromatic N) is 1. The molecule has 1 fully saturated rings. The Balaban J connectivity index is 1.61. The molecule has 1 aliphatic carbocycles. The Labute approximate surface area is 133 Å². The van der Waals surface area contributed by atoms with Gasteiger partial charge in [-0.2, -0.15) is 5.26 Å². The van der Waals surface area contributed by atoms with E-state index in [0.717, 1.165) is 31.6 Å². The van der Waals surface area contributed by atoms with E-state index in [9.17, 15) is 5.26 Å². The van der Waals surface area contributed by atoms with E-state index in [2.05, 4.69) is 37.3 Å². The van der Waals surface area contributed by atoms with Crippen LogP contribution in [0, 0.1) is 22.7 Å². The summed E-state index contributed by atoms with van der Waals surface area (Å²) in [5.74, 6) is 0.880. The fraction of sp³-hybridized carbons (Fsp3) is 0.632. The van der Waals surface area contributed by atoms with E-state index < -0.39 is 0 Å². The number of fused-ring (bicyclic) bond motifs is 1. The van der Waals surface area contributed by atoms with Gasteiger partial charge < -0.3 is 0 Å². The minimum absolute atomic E-state index is 0.0377. The van der Waals surface area contributed by atoms with Crippen LogP contribution in [0.1, 0.15) is 57.4 Å². The third-order valence-electron chi connectivity index (χ3n) is 5.33. The first-order valence-electron chi connectivity index (χ1n) is 8.40. The first-order chi connectivity index (χ1) is 10.2. The number of thioether (sulfide) groups is 1. The Morgan fingerprint density at radius 3 is 2.71 bits per heavy atom. The van der Waals surface area contributed by atoms with E-state index >= 15 is 0 Å². The van der Waals surface area contributed by atoms with Gasteiger partial charge in [-0.05, 0) is 56.1 Å². The van der Waals surface area contributed by atoms with Gasteiger partial charge in [0.15, 0.2) is 0 Å². The predicted octanol–water partition coefficient (Wildman–Crippen LogP) is 5.59. The Bertz CT molecular complexity index is 498. The lowest BCUT2D eigenvalue weighted by Gasteiger charge is -2.36. The molecule has 1 nitrogen and oxygen atoms in total. The molecule has 1 aromatic carbocycles. The van der Waals surface area contributed by atoms with Crippen LogP contribution in [0.4, 0.5) is 0 Å². The molecule has 1 atom stereocenters. The fourth-order valence-corrected chi connectivity index (χ4v) is 5.58. The van der Waals surface area contributed by atoms with Crippen molar-refractivity contribution in [2.24, 2.45) is 11.3 Å². The van der Waals surface area contributed by atoms with E-state index in [0.29, 0.717) is 5.25 Å². The van der Waals surface area contributed by atoms with E-state index in [1.807, 2.05) is 11.8 Å². The Hall–Kier alpha value is -0.940. The molecule has 112 valence electrons. The van der Waals surface area contributed by atoms with Crippen molar-refractivity contribution in [2.75, 3.05) is 0 Å². The zero-order chi connectivity index (χ0) is 14.7. The second-order valence-electron chi connectivity index (χ2n) is 6.88. The lowest BCUT2D eigenvalue weighted by Crippen LogP contribution is -2.29. The summed E-state index contributed by atoms with van der Waals surface area (Å²) in [6.07, 6.45) is 9.67. The molecule has 3 rings (SSSR count). The molecule has 0 saturated heterocycles. The molecule has 1 aliphatic heterocycles. The van der Waals surface area contributed by atoms with Gasteiger partial charge in [-0.15, -0.1) is 11.8 Å². The Morgan fingerprint density at radius 1 is 1.29 bits per heavy atom. The van der Waals surface area contributed by atoms with Gasteiger partial charge in [-0.1, -0.05) is 38.0 Å². The third-order valence-corrected chi connectivity index (χ3v) is 6.65. The fourth-order valence-electron chi connectivity index (χ4n) is 4.09. The molecular weight excluding hydrogens is 274 g/mol. The zero-order valence-corrected chi connectivity index (χ0v) is 13.8. The lowest BCUT2D eigenvalue weighted by atomic mass is 9.68. The van der Waals surface area contributed by atoms with Crippen LogP contribution in [0.3, 0.4) is 0 Å². The molecule has 0 N–H and O–H groups in total. The summed E-state index contributed by atoms with van der Waals surface area (Å²) >= 11 is 2.00. The Morgan fingerprint density at radius 2 is 2.05 bits per heavy atom. The third kappa shape index (κ3) is 3.29. The summed E-state index contributed by atoms with van der Waals surface area (Å²) in [4.78, 5) is 1.44. The van der Waals surface area contributed by atoms with Crippen LogP contribution in [0.5, 0.6) is 0 Å². The molecule has 0 bridgehead atoms. The molecule has 1 aromatic rings. The second kappa shape index (κ2) is 6.44. The van der Waals surface area contributed by atoms with Crippen LogP contribution in [0.15, 0.2) is 29.2 Å². The van der Waals surface area contributed by atoms with Crippen LogP contribution in [0.2, 0.25) is 0 Å². The molecule has 2 heteroatoms.